The summed E-state index contributed by atoms with van der Waals surface area (Å²) in [6.07, 6.45) is 12.5. The highest BCUT2D eigenvalue weighted by Gasteiger charge is 2.59. The zero-order valence-electron chi connectivity index (χ0n) is 23.9. The average molecular weight is 583 g/mol. The number of rotatable bonds is 6. The number of carbonyl (C=O) groups excluding carboxylic acids is 2. The van der Waals surface area contributed by atoms with Crippen LogP contribution in [0.1, 0.15) is 72.6 Å². The second-order valence-electron chi connectivity index (χ2n) is 12.7. The fraction of sp³-hybridized carbons (Fsp3) is 0.818. The van der Waals surface area contributed by atoms with Crippen LogP contribution in [-0.2, 0) is 14.3 Å². The molecule has 0 saturated heterocycles. The quantitative estimate of drug-likeness (QED) is 0.118. The third kappa shape index (κ3) is 7.04. The van der Waals surface area contributed by atoms with Crippen LogP contribution in [-0.4, -0.2) is 53.5 Å². The average Bonchev–Trinajstić information content (AvgIpc) is 3.74. The van der Waals surface area contributed by atoms with Gasteiger partial charge in [0.1, 0.15) is 0 Å². The fourth-order valence-electron chi connectivity index (χ4n) is 10.1. The molecule has 0 radical (unpaired) electrons. The Labute approximate surface area is 247 Å². The number of hydrogen-bond donors (Lipinski definition) is 3. The molecular weight excluding hydrogens is 528 g/mol. The van der Waals surface area contributed by atoms with Crippen LogP contribution >= 0.6 is 11.6 Å². The predicted molar refractivity (Wildman–Crippen MR) is 161 cm³/mol. The minimum atomic E-state index is -0.289. The van der Waals surface area contributed by atoms with Crippen LogP contribution < -0.4 is 0 Å². The summed E-state index contributed by atoms with van der Waals surface area (Å²) in [5.41, 5.74) is 0.461. The van der Waals surface area contributed by atoms with Gasteiger partial charge >= 0.3 is 5.97 Å². The van der Waals surface area contributed by atoms with E-state index in [4.69, 9.17) is 9.53 Å². The Balaban J connectivity index is 0.000000236. The first-order valence-electron chi connectivity index (χ1n) is 15.1. The van der Waals surface area contributed by atoms with E-state index >= 15 is 0 Å². The van der Waals surface area contributed by atoms with E-state index in [9.17, 15) is 20.1 Å². The Hall–Kier alpha value is -1.21. The van der Waals surface area contributed by atoms with Crippen molar-refractivity contribution in [2.45, 2.75) is 72.6 Å². The maximum Gasteiger partial charge on any atom is 0.333 e. The number of aliphatic hydroxyl groups excluding tert-OH is 3. The molecular formula is C33H55ClO6. The molecule has 6 rings (SSSR count). The van der Waals surface area contributed by atoms with Gasteiger partial charge in [-0.1, -0.05) is 32.9 Å². The van der Waals surface area contributed by atoms with E-state index in [1.807, 2.05) is 6.92 Å². The molecule has 0 aromatic heterocycles. The van der Waals surface area contributed by atoms with E-state index in [0.717, 1.165) is 35.5 Å². The Kier molecular flexibility index (Phi) is 14.4. The maximum absolute atomic E-state index is 11.5. The normalized spacial score (nSPS) is 40.5. The predicted octanol–water partition coefficient (Wildman–Crippen LogP) is 5.91. The summed E-state index contributed by atoms with van der Waals surface area (Å²) >= 11 is 4.32. The van der Waals surface area contributed by atoms with Crippen LogP contribution in [0.2, 0.25) is 0 Å². The van der Waals surface area contributed by atoms with Gasteiger partial charge in [-0.25, -0.2) is 4.79 Å². The highest BCUT2D eigenvalue weighted by Crippen LogP contribution is 2.64. The van der Waals surface area contributed by atoms with Crippen LogP contribution in [0.25, 0.3) is 0 Å². The Morgan fingerprint density at radius 2 is 1.10 bits per heavy atom. The minimum Gasteiger partial charge on any atom is -0.462 e. The van der Waals surface area contributed by atoms with Crippen molar-refractivity contribution in [1.82, 2.24) is 0 Å². The van der Waals surface area contributed by atoms with Crippen molar-refractivity contribution in [1.29, 1.82) is 0 Å². The van der Waals surface area contributed by atoms with Crippen molar-refractivity contribution in [2.75, 3.05) is 26.4 Å². The molecule has 0 amide bonds. The number of hydrogen-bond acceptors (Lipinski definition) is 6. The third-order valence-corrected chi connectivity index (χ3v) is 11.2. The summed E-state index contributed by atoms with van der Waals surface area (Å²) in [7, 11) is 0. The van der Waals surface area contributed by atoms with Crippen molar-refractivity contribution in [2.24, 2.45) is 71.0 Å². The lowest BCUT2D eigenvalue weighted by atomic mass is 9.70. The second-order valence-corrected chi connectivity index (χ2v) is 12.9. The first kappa shape index (κ1) is 35.0. The van der Waals surface area contributed by atoms with Gasteiger partial charge in [0.05, 0.1) is 6.61 Å². The Morgan fingerprint density at radius 3 is 1.40 bits per heavy atom. The summed E-state index contributed by atoms with van der Waals surface area (Å²) in [6.45, 7) is 11.9. The molecule has 12 atom stereocenters. The summed E-state index contributed by atoms with van der Waals surface area (Å²) in [5.74, 6) is 7.82. The number of carbonyl (C=O) groups is 2. The molecule has 4 bridgehead atoms. The van der Waals surface area contributed by atoms with Crippen LogP contribution in [0.4, 0.5) is 0 Å². The molecule has 6 saturated carbocycles. The number of halogens is 1. The van der Waals surface area contributed by atoms with Gasteiger partial charge < -0.3 is 20.1 Å². The smallest absolute Gasteiger partial charge is 0.333 e. The lowest BCUT2D eigenvalue weighted by molar-refractivity contribution is -0.142. The summed E-state index contributed by atoms with van der Waals surface area (Å²) in [6, 6.07) is 0. The highest BCUT2D eigenvalue weighted by atomic mass is 35.5. The van der Waals surface area contributed by atoms with Crippen LogP contribution in [0, 0.1) is 71.0 Å². The summed E-state index contributed by atoms with van der Waals surface area (Å²) in [5, 5.41) is 28.5. The molecule has 6 fully saturated rings. The van der Waals surface area contributed by atoms with E-state index in [-0.39, 0.29) is 25.7 Å². The van der Waals surface area contributed by atoms with Crippen molar-refractivity contribution in [3.63, 3.8) is 0 Å². The molecule has 6 aliphatic rings. The van der Waals surface area contributed by atoms with Crippen molar-refractivity contribution >= 4 is 23.3 Å². The molecule has 3 N–H and O–H groups in total. The van der Waals surface area contributed by atoms with Gasteiger partial charge in [0.2, 0.25) is 5.75 Å². The summed E-state index contributed by atoms with van der Waals surface area (Å²) in [4.78, 5) is 20.1. The van der Waals surface area contributed by atoms with Crippen molar-refractivity contribution in [3.8, 4) is 0 Å². The monoisotopic (exact) mass is 582 g/mol. The van der Waals surface area contributed by atoms with Crippen molar-refractivity contribution in [3.05, 3.63) is 24.8 Å². The number of fused-ring (bicyclic) bond motifs is 10. The Bertz CT molecular complexity index is 804. The maximum atomic E-state index is 11.5. The first-order valence-corrected chi connectivity index (χ1v) is 15.5. The molecule has 230 valence electrons. The molecule has 0 aromatic rings. The Morgan fingerprint density at radius 1 is 0.800 bits per heavy atom. The van der Waals surface area contributed by atoms with E-state index in [2.05, 4.69) is 24.8 Å². The van der Waals surface area contributed by atoms with Gasteiger partial charge in [-0.3, -0.25) is 4.79 Å². The molecule has 40 heavy (non-hydrogen) atoms. The molecule has 0 spiro atoms. The zero-order chi connectivity index (χ0) is 28.7. The molecule has 0 aliphatic heterocycles. The molecule has 0 aromatic carbocycles. The standard InChI is InChI=1S/C16H24O3.C12H20O2.C3H6.CHClO.CH4/c1-9(2)16(18)19-8-15-13-6-12(14(15)7-17)10-4-3-5-11(10)13;13-5-11-9-4-10(12(11)6-14)8-3-1-2-7(8)9;1-3-2;2-1-3;/h10-15,17H,1,3-8H2,2H3;7-14H,1-6H2;3H,1H2,2H3;1H;1H4. The number of aliphatic hydroxyl groups is 3. The topological polar surface area (TPSA) is 104 Å². The van der Waals surface area contributed by atoms with Gasteiger partial charge in [0, 0.05) is 31.3 Å². The molecule has 12 unspecified atom stereocenters. The number of esters is 1. The van der Waals surface area contributed by atoms with E-state index < -0.39 is 0 Å². The van der Waals surface area contributed by atoms with Crippen LogP contribution in [0.15, 0.2) is 24.8 Å². The fourth-order valence-corrected chi connectivity index (χ4v) is 10.1. The zero-order valence-corrected chi connectivity index (χ0v) is 24.7. The largest absolute Gasteiger partial charge is 0.462 e. The van der Waals surface area contributed by atoms with Gasteiger partial charge in [0.25, 0.3) is 0 Å². The van der Waals surface area contributed by atoms with Crippen LogP contribution in [0.5, 0.6) is 0 Å². The van der Waals surface area contributed by atoms with E-state index in [1.165, 1.54) is 51.4 Å². The lowest BCUT2D eigenvalue weighted by Gasteiger charge is -2.37. The second kappa shape index (κ2) is 16.4. The lowest BCUT2D eigenvalue weighted by Crippen LogP contribution is -2.37. The van der Waals surface area contributed by atoms with Gasteiger partial charge in [-0.2, -0.15) is 0 Å². The molecule has 7 heteroatoms. The van der Waals surface area contributed by atoms with Crippen molar-refractivity contribution < 1.29 is 29.6 Å². The van der Waals surface area contributed by atoms with E-state index in [0.29, 0.717) is 60.9 Å². The van der Waals surface area contributed by atoms with Gasteiger partial charge in [-0.05, 0) is 129 Å². The first-order chi connectivity index (χ1) is 18.8. The van der Waals surface area contributed by atoms with Crippen LogP contribution in [0.3, 0.4) is 0 Å². The van der Waals surface area contributed by atoms with Gasteiger partial charge in [0.15, 0.2) is 0 Å². The molecule has 0 heterocycles. The number of allylic oxidation sites excluding steroid dienone is 1. The molecule has 6 nitrogen and oxygen atoms in total. The number of ether oxygens (including phenoxy) is 1. The summed E-state index contributed by atoms with van der Waals surface area (Å²) < 4.78 is 5.37. The highest BCUT2D eigenvalue weighted by molar-refractivity contribution is 6.54. The minimum absolute atomic E-state index is 0. The third-order valence-electron chi connectivity index (χ3n) is 11.2. The SMILES string of the molecule is C.C=C(C)C(=O)OCC1C(CO)C2CC1C1CCCC12.C=CC.O=CCl.OCC1C(CO)C2CC1C1CCCC12. The van der Waals surface area contributed by atoms with E-state index in [1.54, 1.807) is 13.0 Å². The van der Waals surface area contributed by atoms with Gasteiger partial charge in [-0.15, -0.1) is 6.58 Å². The molecule has 6 aliphatic carbocycles.